The number of ether oxygens (including phenoxy) is 1. The summed E-state index contributed by atoms with van der Waals surface area (Å²) in [5.74, 6) is 0.724. The van der Waals surface area contributed by atoms with Crippen molar-refractivity contribution in [3.05, 3.63) is 0 Å². The van der Waals surface area contributed by atoms with Gasteiger partial charge in [0.05, 0.1) is 6.10 Å². The lowest BCUT2D eigenvalue weighted by atomic mass is 9.73. The zero-order valence-electron chi connectivity index (χ0n) is 13.3. The third-order valence-electron chi connectivity index (χ3n) is 4.23. The molecule has 1 aliphatic rings. The minimum atomic E-state index is 0.363. The van der Waals surface area contributed by atoms with E-state index < -0.39 is 0 Å². The van der Waals surface area contributed by atoms with Crippen LogP contribution in [0.2, 0.25) is 0 Å². The zero-order valence-corrected chi connectivity index (χ0v) is 13.3. The highest BCUT2D eigenvalue weighted by molar-refractivity contribution is 4.92. The van der Waals surface area contributed by atoms with Crippen LogP contribution in [0, 0.1) is 16.7 Å². The molecule has 0 bridgehead atoms. The Bertz CT molecular complexity index is 244. The summed E-state index contributed by atoms with van der Waals surface area (Å²) in [7, 11) is 0. The van der Waals surface area contributed by atoms with Crippen LogP contribution in [0.1, 0.15) is 60.8 Å². The van der Waals surface area contributed by atoms with Gasteiger partial charge in [-0.25, -0.2) is 0 Å². The van der Waals surface area contributed by atoms with E-state index in [0.717, 1.165) is 25.6 Å². The van der Waals surface area contributed by atoms with Crippen LogP contribution in [-0.4, -0.2) is 25.8 Å². The molecule has 0 radical (unpaired) electrons. The first kappa shape index (κ1) is 16.0. The highest BCUT2D eigenvalue weighted by Gasteiger charge is 2.41. The van der Waals surface area contributed by atoms with Crippen LogP contribution in [0.15, 0.2) is 0 Å². The standard InChI is InChI=1S/C16H33NO/c1-13(2)11-17-12-16(8-7-15(4,5)6)9-10-18-14(16)3/h13-14,17H,7-12H2,1-6H3. The van der Waals surface area contributed by atoms with Gasteiger partial charge in [-0.1, -0.05) is 34.6 Å². The van der Waals surface area contributed by atoms with E-state index in [1.807, 2.05) is 0 Å². The van der Waals surface area contributed by atoms with E-state index in [0.29, 0.717) is 16.9 Å². The molecular weight excluding hydrogens is 222 g/mol. The molecule has 2 nitrogen and oxygen atoms in total. The molecule has 1 fully saturated rings. The van der Waals surface area contributed by atoms with Gasteiger partial charge in [0.1, 0.15) is 0 Å². The molecule has 0 saturated carbocycles. The van der Waals surface area contributed by atoms with E-state index in [2.05, 4.69) is 46.9 Å². The summed E-state index contributed by atoms with van der Waals surface area (Å²) in [6.45, 7) is 17.0. The molecule has 108 valence electrons. The fourth-order valence-electron chi connectivity index (χ4n) is 2.70. The largest absolute Gasteiger partial charge is 0.378 e. The van der Waals surface area contributed by atoms with Gasteiger partial charge in [0, 0.05) is 18.6 Å². The Morgan fingerprint density at radius 1 is 1.33 bits per heavy atom. The Balaban J connectivity index is 2.53. The lowest BCUT2D eigenvalue weighted by molar-refractivity contribution is 0.0519. The smallest absolute Gasteiger partial charge is 0.0616 e. The monoisotopic (exact) mass is 255 g/mol. The molecule has 0 aromatic heterocycles. The Morgan fingerprint density at radius 3 is 2.44 bits per heavy atom. The maximum absolute atomic E-state index is 5.85. The molecule has 0 aromatic rings. The van der Waals surface area contributed by atoms with Gasteiger partial charge in [-0.05, 0) is 44.1 Å². The molecule has 0 amide bonds. The topological polar surface area (TPSA) is 21.3 Å². The lowest BCUT2D eigenvalue weighted by Crippen LogP contribution is -2.41. The first-order valence-corrected chi connectivity index (χ1v) is 7.57. The third-order valence-corrected chi connectivity index (χ3v) is 4.23. The fraction of sp³-hybridized carbons (Fsp3) is 1.00. The molecule has 1 N–H and O–H groups in total. The summed E-state index contributed by atoms with van der Waals surface area (Å²) >= 11 is 0. The van der Waals surface area contributed by atoms with Crippen molar-refractivity contribution in [3.8, 4) is 0 Å². The average molecular weight is 255 g/mol. The molecule has 18 heavy (non-hydrogen) atoms. The van der Waals surface area contributed by atoms with Crippen molar-refractivity contribution in [3.63, 3.8) is 0 Å². The van der Waals surface area contributed by atoms with Gasteiger partial charge in [-0.2, -0.15) is 0 Å². The van der Waals surface area contributed by atoms with Crippen molar-refractivity contribution in [2.24, 2.45) is 16.7 Å². The van der Waals surface area contributed by atoms with Crippen LogP contribution in [0.4, 0.5) is 0 Å². The summed E-state index contributed by atoms with van der Waals surface area (Å²) in [5, 5.41) is 3.65. The third kappa shape index (κ3) is 4.89. The summed E-state index contributed by atoms with van der Waals surface area (Å²) in [4.78, 5) is 0. The van der Waals surface area contributed by atoms with E-state index in [1.54, 1.807) is 0 Å². The summed E-state index contributed by atoms with van der Waals surface area (Å²) in [6, 6.07) is 0. The van der Waals surface area contributed by atoms with Crippen molar-refractivity contribution in [1.82, 2.24) is 5.32 Å². The molecule has 2 heteroatoms. The predicted molar refractivity (Wildman–Crippen MR) is 78.9 cm³/mol. The van der Waals surface area contributed by atoms with Crippen LogP contribution >= 0.6 is 0 Å². The predicted octanol–water partition coefficient (Wildman–Crippen LogP) is 3.85. The minimum absolute atomic E-state index is 0.363. The molecule has 0 aliphatic carbocycles. The van der Waals surface area contributed by atoms with Gasteiger partial charge >= 0.3 is 0 Å². The number of rotatable bonds is 6. The molecule has 2 atom stereocenters. The van der Waals surface area contributed by atoms with Crippen molar-refractivity contribution >= 4 is 0 Å². The quantitative estimate of drug-likeness (QED) is 0.778. The molecule has 1 aliphatic heterocycles. The first-order chi connectivity index (χ1) is 8.25. The maximum Gasteiger partial charge on any atom is 0.0616 e. The first-order valence-electron chi connectivity index (χ1n) is 7.57. The van der Waals surface area contributed by atoms with Gasteiger partial charge in [0.15, 0.2) is 0 Å². The van der Waals surface area contributed by atoms with Crippen LogP contribution in [-0.2, 0) is 4.74 Å². The van der Waals surface area contributed by atoms with E-state index >= 15 is 0 Å². The molecule has 0 aromatic carbocycles. The Labute approximate surface area is 114 Å². The van der Waals surface area contributed by atoms with Crippen LogP contribution in [0.25, 0.3) is 0 Å². The van der Waals surface area contributed by atoms with Gasteiger partial charge in [0.25, 0.3) is 0 Å². The molecule has 0 spiro atoms. The van der Waals surface area contributed by atoms with E-state index in [1.165, 1.54) is 19.3 Å². The summed E-state index contributed by atoms with van der Waals surface area (Å²) < 4.78 is 5.85. The minimum Gasteiger partial charge on any atom is -0.378 e. The second-order valence-corrected chi connectivity index (χ2v) is 7.71. The number of hydrogen-bond donors (Lipinski definition) is 1. The van der Waals surface area contributed by atoms with Crippen LogP contribution in [0.3, 0.4) is 0 Å². The number of hydrogen-bond acceptors (Lipinski definition) is 2. The van der Waals surface area contributed by atoms with Crippen LogP contribution < -0.4 is 5.32 Å². The highest BCUT2D eigenvalue weighted by atomic mass is 16.5. The molecule has 2 unspecified atom stereocenters. The molecular formula is C16H33NO. The maximum atomic E-state index is 5.85. The second-order valence-electron chi connectivity index (χ2n) is 7.71. The summed E-state index contributed by atoms with van der Waals surface area (Å²) in [6.07, 6.45) is 4.18. The zero-order chi connectivity index (χ0) is 13.8. The van der Waals surface area contributed by atoms with Gasteiger partial charge in [-0.15, -0.1) is 0 Å². The average Bonchev–Trinajstić information content (AvgIpc) is 2.57. The van der Waals surface area contributed by atoms with Crippen molar-refractivity contribution in [1.29, 1.82) is 0 Å². The molecule has 1 heterocycles. The van der Waals surface area contributed by atoms with E-state index in [-0.39, 0.29) is 0 Å². The molecule has 1 rings (SSSR count). The number of nitrogens with one attached hydrogen (secondary N) is 1. The SMILES string of the molecule is CC(C)CNCC1(CCC(C)(C)C)CCOC1C. The van der Waals surface area contributed by atoms with Gasteiger partial charge in [0.2, 0.25) is 0 Å². The Hall–Kier alpha value is -0.0800. The highest BCUT2D eigenvalue weighted by Crippen LogP contribution is 2.41. The van der Waals surface area contributed by atoms with Gasteiger partial charge < -0.3 is 10.1 Å². The Morgan fingerprint density at radius 2 is 2.00 bits per heavy atom. The van der Waals surface area contributed by atoms with Crippen molar-refractivity contribution in [2.75, 3.05) is 19.7 Å². The van der Waals surface area contributed by atoms with Crippen LogP contribution in [0.5, 0.6) is 0 Å². The van der Waals surface area contributed by atoms with Gasteiger partial charge in [-0.3, -0.25) is 0 Å². The van der Waals surface area contributed by atoms with E-state index in [4.69, 9.17) is 4.74 Å². The fourth-order valence-corrected chi connectivity index (χ4v) is 2.70. The lowest BCUT2D eigenvalue weighted by Gasteiger charge is -2.35. The second kappa shape index (κ2) is 6.38. The normalized spacial score (nSPS) is 29.2. The van der Waals surface area contributed by atoms with Crippen molar-refractivity contribution < 1.29 is 4.74 Å². The van der Waals surface area contributed by atoms with Crippen molar-refractivity contribution in [2.45, 2.75) is 66.9 Å². The molecule has 1 saturated heterocycles. The Kier molecular flexibility index (Phi) is 5.67. The summed E-state index contributed by atoms with van der Waals surface area (Å²) in [5.41, 5.74) is 0.787. The van der Waals surface area contributed by atoms with E-state index in [9.17, 15) is 0 Å².